The van der Waals surface area contributed by atoms with Crippen LogP contribution in [0.3, 0.4) is 0 Å². The minimum Gasteiger partial charge on any atom is -0.472 e. The molecule has 0 bridgehead atoms. The van der Waals surface area contributed by atoms with Crippen molar-refractivity contribution in [1.29, 1.82) is 0 Å². The van der Waals surface area contributed by atoms with Crippen LogP contribution in [-0.4, -0.2) is 75.6 Å². The van der Waals surface area contributed by atoms with E-state index in [0.717, 1.165) is 5.56 Å². The normalized spacial score (nSPS) is 18.5. The van der Waals surface area contributed by atoms with Crippen molar-refractivity contribution in [2.45, 2.75) is 26.0 Å². The number of halogens is 1. The largest absolute Gasteiger partial charge is 0.472 e. The number of nitrogens with zero attached hydrogens (tertiary/aromatic N) is 4. The predicted octanol–water partition coefficient (Wildman–Crippen LogP) is 3.28. The number of carbonyl (C=O) groups is 2. The summed E-state index contributed by atoms with van der Waals surface area (Å²) in [6.07, 6.45) is 4.46. The molecule has 36 heavy (non-hydrogen) atoms. The second-order valence-electron chi connectivity index (χ2n) is 9.14. The summed E-state index contributed by atoms with van der Waals surface area (Å²) in [5.41, 5.74) is 2.02. The minimum absolute atomic E-state index is 0.158. The topological polar surface area (TPSA) is 95.9 Å². The van der Waals surface area contributed by atoms with Crippen molar-refractivity contribution < 1.29 is 23.8 Å². The molecule has 3 atom stereocenters. The van der Waals surface area contributed by atoms with Crippen LogP contribution in [0.25, 0.3) is 11.1 Å². The highest BCUT2D eigenvalue weighted by Gasteiger charge is 2.35. The van der Waals surface area contributed by atoms with Crippen LogP contribution < -0.4 is 4.74 Å². The molecule has 0 saturated heterocycles. The number of likely N-dealkylation sites (N-methyl/N-ethyl adjacent to an activating group) is 1. The monoisotopic (exact) mass is 492 g/mol. The van der Waals surface area contributed by atoms with E-state index in [1.54, 1.807) is 55.7 Å². The summed E-state index contributed by atoms with van der Waals surface area (Å²) in [6, 6.07) is 10.5. The van der Waals surface area contributed by atoms with Gasteiger partial charge in [0.25, 0.3) is 11.8 Å². The Morgan fingerprint density at radius 1 is 1.25 bits per heavy atom. The molecule has 0 aliphatic carbocycles. The number of fused-ring (bicyclic) bond motifs is 1. The summed E-state index contributed by atoms with van der Waals surface area (Å²) in [5.74, 6) is -1.16. The standard InChI is InChI=1S/C27H29FN4O4/c1-17-14-32(18(2)16-33)27(35)23-11-21(20-7-5-9-29-12-20)13-30-25(23)36-24(17)15-31(3)26(34)19-6-4-8-22(28)10-19/h4-13,17-18,24,33H,14-16H2,1-3H3/t17-,18+,24-/m1/s1. The Morgan fingerprint density at radius 3 is 2.75 bits per heavy atom. The van der Waals surface area contributed by atoms with E-state index in [-0.39, 0.29) is 47.9 Å². The van der Waals surface area contributed by atoms with E-state index in [1.807, 2.05) is 13.0 Å². The molecule has 1 aliphatic rings. The smallest absolute Gasteiger partial charge is 0.259 e. The number of ether oxygens (including phenoxy) is 1. The van der Waals surface area contributed by atoms with Gasteiger partial charge in [-0.25, -0.2) is 9.37 Å². The lowest BCUT2D eigenvalue weighted by Gasteiger charge is -2.37. The maximum absolute atomic E-state index is 13.7. The molecule has 0 fully saturated rings. The number of aromatic nitrogens is 2. The van der Waals surface area contributed by atoms with Crippen LogP contribution in [0.2, 0.25) is 0 Å². The Labute approximate surface area is 209 Å². The van der Waals surface area contributed by atoms with Crippen LogP contribution in [0, 0.1) is 11.7 Å². The van der Waals surface area contributed by atoms with Gasteiger partial charge in [0.15, 0.2) is 0 Å². The molecule has 0 radical (unpaired) electrons. The van der Waals surface area contributed by atoms with Crippen LogP contribution >= 0.6 is 0 Å². The third kappa shape index (κ3) is 5.36. The Morgan fingerprint density at radius 2 is 2.06 bits per heavy atom. The highest BCUT2D eigenvalue weighted by Crippen LogP contribution is 2.30. The molecule has 0 saturated carbocycles. The summed E-state index contributed by atoms with van der Waals surface area (Å²) in [4.78, 5) is 38.2. The summed E-state index contributed by atoms with van der Waals surface area (Å²) >= 11 is 0. The van der Waals surface area contributed by atoms with E-state index in [0.29, 0.717) is 12.1 Å². The first-order chi connectivity index (χ1) is 17.3. The van der Waals surface area contributed by atoms with E-state index in [1.165, 1.54) is 23.1 Å². The fraction of sp³-hybridized carbons (Fsp3) is 0.333. The number of hydrogen-bond donors (Lipinski definition) is 1. The second-order valence-corrected chi connectivity index (χ2v) is 9.14. The number of benzene rings is 1. The fourth-order valence-electron chi connectivity index (χ4n) is 4.21. The first-order valence-corrected chi connectivity index (χ1v) is 11.8. The Kier molecular flexibility index (Phi) is 7.59. The average Bonchev–Trinajstić information content (AvgIpc) is 2.90. The SMILES string of the molecule is C[C@@H]1CN([C@@H](C)CO)C(=O)c2cc(-c3cccnc3)cnc2O[C@@H]1CN(C)C(=O)c1cccc(F)c1. The molecule has 1 aromatic carbocycles. The molecule has 188 valence electrons. The van der Waals surface area contributed by atoms with Crippen molar-refractivity contribution in [3.05, 3.63) is 78.0 Å². The van der Waals surface area contributed by atoms with Gasteiger partial charge in [0.2, 0.25) is 5.88 Å². The number of rotatable bonds is 6. The Bertz CT molecular complexity index is 1240. The molecule has 1 N–H and O–H groups in total. The molecule has 2 aromatic heterocycles. The molecule has 0 spiro atoms. The molecular formula is C27H29FN4O4. The van der Waals surface area contributed by atoms with E-state index >= 15 is 0 Å². The van der Waals surface area contributed by atoms with Crippen LogP contribution in [0.5, 0.6) is 5.88 Å². The maximum Gasteiger partial charge on any atom is 0.259 e. The van der Waals surface area contributed by atoms with Crippen LogP contribution in [0.4, 0.5) is 4.39 Å². The van der Waals surface area contributed by atoms with Crippen molar-refractivity contribution in [1.82, 2.24) is 19.8 Å². The molecule has 9 heteroatoms. The van der Waals surface area contributed by atoms with Gasteiger partial charge in [-0.3, -0.25) is 14.6 Å². The van der Waals surface area contributed by atoms with Gasteiger partial charge in [-0.1, -0.05) is 19.1 Å². The molecule has 8 nitrogen and oxygen atoms in total. The number of carbonyl (C=O) groups excluding carboxylic acids is 2. The molecule has 3 aromatic rings. The van der Waals surface area contributed by atoms with Crippen LogP contribution in [0.1, 0.15) is 34.6 Å². The van der Waals surface area contributed by atoms with Crippen molar-refractivity contribution >= 4 is 11.8 Å². The van der Waals surface area contributed by atoms with Gasteiger partial charge in [0, 0.05) is 54.8 Å². The van der Waals surface area contributed by atoms with Crippen LogP contribution in [0.15, 0.2) is 61.1 Å². The number of hydrogen-bond acceptors (Lipinski definition) is 6. The molecular weight excluding hydrogens is 463 g/mol. The Balaban J connectivity index is 1.67. The highest BCUT2D eigenvalue weighted by molar-refractivity contribution is 5.98. The number of aliphatic hydroxyl groups excluding tert-OH is 1. The average molecular weight is 493 g/mol. The lowest BCUT2D eigenvalue weighted by atomic mass is 9.99. The van der Waals surface area contributed by atoms with Gasteiger partial charge >= 0.3 is 0 Å². The minimum atomic E-state index is -0.510. The molecule has 1 aliphatic heterocycles. The number of amides is 2. The number of aliphatic hydroxyl groups is 1. The highest BCUT2D eigenvalue weighted by atomic mass is 19.1. The van der Waals surface area contributed by atoms with E-state index < -0.39 is 18.0 Å². The Hall–Kier alpha value is -3.85. The number of pyridine rings is 2. The zero-order chi connectivity index (χ0) is 25.8. The van der Waals surface area contributed by atoms with Gasteiger partial charge in [-0.15, -0.1) is 0 Å². The van der Waals surface area contributed by atoms with E-state index in [4.69, 9.17) is 4.74 Å². The van der Waals surface area contributed by atoms with Crippen molar-refractivity contribution in [3.8, 4) is 17.0 Å². The van der Waals surface area contributed by atoms with Crippen molar-refractivity contribution in [2.75, 3.05) is 26.7 Å². The maximum atomic E-state index is 13.7. The van der Waals surface area contributed by atoms with Gasteiger partial charge in [0.1, 0.15) is 17.5 Å². The van der Waals surface area contributed by atoms with E-state index in [2.05, 4.69) is 9.97 Å². The zero-order valence-electron chi connectivity index (χ0n) is 20.5. The summed E-state index contributed by atoms with van der Waals surface area (Å²) < 4.78 is 19.9. The first-order valence-electron chi connectivity index (χ1n) is 11.8. The first kappa shape index (κ1) is 25.2. The van der Waals surface area contributed by atoms with Crippen LogP contribution in [-0.2, 0) is 0 Å². The molecule has 2 amide bonds. The van der Waals surface area contributed by atoms with Crippen molar-refractivity contribution in [3.63, 3.8) is 0 Å². The summed E-state index contributed by atoms with van der Waals surface area (Å²) in [5, 5.41) is 9.83. The molecule has 3 heterocycles. The lowest BCUT2D eigenvalue weighted by Crippen LogP contribution is -2.50. The van der Waals surface area contributed by atoms with E-state index in [9.17, 15) is 19.1 Å². The predicted molar refractivity (Wildman–Crippen MR) is 132 cm³/mol. The zero-order valence-corrected chi connectivity index (χ0v) is 20.5. The fourth-order valence-corrected chi connectivity index (χ4v) is 4.21. The summed E-state index contributed by atoms with van der Waals surface area (Å²) in [6.45, 7) is 4.00. The molecule has 4 rings (SSSR count). The third-order valence-corrected chi connectivity index (χ3v) is 6.39. The molecule has 0 unspecified atom stereocenters. The van der Waals surface area contributed by atoms with Gasteiger partial charge in [0.05, 0.1) is 19.2 Å². The lowest BCUT2D eigenvalue weighted by molar-refractivity contribution is 0.0313. The van der Waals surface area contributed by atoms with Gasteiger partial charge in [-0.2, -0.15) is 0 Å². The van der Waals surface area contributed by atoms with Gasteiger partial charge < -0.3 is 19.6 Å². The van der Waals surface area contributed by atoms with Gasteiger partial charge in [-0.05, 0) is 37.3 Å². The van der Waals surface area contributed by atoms with Crippen molar-refractivity contribution in [2.24, 2.45) is 5.92 Å². The third-order valence-electron chi connectivity index (χ3n) is 6.39. The summed E-state index contributed by atoms with van der Waals surface area (Å²) in [7, 11) is 1.63. The second kappa shape index (κ2) is 10.8. The quantitative estimate of drug-likeness (QED) is 0.568.